The summed E-state index contributed by atoms with van der Waals surface area (Å²) in [6, 6.07) is 17.5. The Kier molecular flexibility index (Phi) is 10.5. The molecule has 0 radical (unpaired) electrons. The van der Waals surface area contributed by atoms with Crippen molar-refractivity contribution in [1.82, 2.24) is 16.0 Å². The van der Waals surface area contributed by atoms with Crippen LogP contribution in [0, 0.1) is 0 Å². The molecule has 3 aromatic carbocycles. The number of hydrogen-bond donors (Lipinski definition) is 4. The highest BCUT2D eigenvalue weighted by molar-refractivity contribution is 6.05. The first-order valence-corrected chi connectivity index (χ1v) is 12.6. The highest BCUT2D eigenvalue weighted by Gasteiger charge is 2.13. The van der Waals surface area contributed by atoms with Gasteiger partial charge in [0.15, 0.2) is 0 Å². The fraction of sp³-hybridized carbons (Fsp3) is 0.414. The van der Waals surface area contributed by atoms with Crippen LogP contribution in [-0.4, -0.2) is 32.1 Å². The van der Waals surface area contributed by atoms with E-state index in [2.05, 4.69) is 71.1 Å². The van der Waals surface area contributed by atoms with Crippen molar-refractivity contribution in [3.8, 4) is 0 Å². The van der Waals surface area contributed by atoms with Crippen molar-refractivity contribution < 1.29 is 4.79 Å². The molecular formula is C29H40N4O. The van der Waals surface area contributed by atoms with Crippen molar-refractivity contribution in [3.63, 3.8) is 0 Å². The van der Waals surface area contributed by atoms with E-state index in [0.717, 1.165) is 45.6 Å². The van der Waals surface area contributed by atoms with Gasteiger partial charge in [0.25, 0.3) is 0 Å². The van der Waals surface area contributed by atoms with Crippen LogP contribution in [0.4, 0.5) is 0 Å². The predicted molar refractivity (Wildman–Crippen MR) is 145 cm³/mol. The molecule has 0 fully saturated rings. The van der Waals surface area contributed by atoms with Crippen molar-refractivity contribution in [3.05, 3.63) is 71.8 Å². The summed E-state index contributed by atoms with van der Waals surface area (Å²) in [6.07, 6.45) is 5.62. The molecule has 0 aliphatic heterocycles. The number of rotatable bonds is 15. The van der Waals surface area contributed by atoms with Gasteiger partial charge in [0, 0.05) is 25.2 Å². The van der Waals surface area contributed by atoms with E-state index in [1.165, 1.54) is 51.9 Å². The molecule has 5 heteroatoms. The first kappa shape index (κ1) is 25.9. The van der Waals surface area contributed by atoms with Crippen molar-refractivity contribution >= 4 is 27.5 Å². The summed E-state index contributed by atoms with van der Waals surface area (Å²) in [7, 11) is 0. The average Bonchev–Trinajstić information content (AvgIpc) is 2.85. The Labute approximate surface area is 204 Å². The molecule has 0 spiro atoms. The molecule has 0 aliphatic rings. The number of unbranched alkanes of at least 4 members (excludes halogenated alkanes) is 3. The molecule has 0 saturated heterocycles. The molecule has 182 valence electrons. The molecule has 0 saturated carbocycles. The highest BCUT2D eigenvalue weighted by atomic mass is 16.1. The van der Waals surface area contributed by atoms with Crippen LogP contribution in [0.5, 0.6) is 0 Å². The predicted octanol–water partition coefficient (Wildman–Crippen LogP) is 4.77. The molecule has 0 aliphatic carbocycles. The van der Waals surface area contributed by atoms with Crippen LogP contribution in [0.25, 0.3) is 21.5 Å². The van der Waals surface area contributed by atoms with Crippen molar-refractivity contribution in [2.45, 2.75) is 52.1 Å². The average molecular weight is 461 g/mol. The molecule has 0 atom stereocenters. The maximum atomic E-state index is 11.6. The summed E-state index contributed by atoms with van der Waals surface area (Å²) in [4.78, 5) is 11.6. The Bertz CT molecular complexity index is 1040. The standard InChI is InChI=1S/C29H40N4O/c1-22(2)29(34)33-19-11-18-32-21-28-25-14-7-5-12-23(25)27(24-13-6-8-15-26(24)28)20-31-17-10-4-3-9-16-30/h5-8,12-15,31-32H,1,3-4,9-11,16-21,30H2,2H3,(H,33,34). The van der Waals surface area contributed by atoms with E-state index in [-0.39, 0.29) is 5.91 Å². The Hall–Kier alpha value is -2.73. The molecule has 3 aromatic rings. The van der Waals surface area contributed by atoms with Gasteiger partial charge in [-0.25, -0.2) is 0 Å². The molecule has 0 bridgehead atoms. The van der Waals surface area contributed by atoms with E-state index >= 15 is 0 Å². The van der Waals surface area contributed by atoms with E-state index in [1.807, 2.05) is 0 Å². The number of amides is 1. The summed E-state index contributed by atoms with van der Waals surface area (Å²) < 4.78 is 0. The number of hydrogen-bond acceptors (Lipinski definition) is 4. The van der Waals surface area contributed by atoms with Crippen LogP contribution in [0.15, 0.2) is 60.7 Å². The number of nitrogens with one attached hydrogen (secondary N) is 3. The number of fused-ring (bicyclic) bond motifs is 2. The number of nitrogens with two attached hydrogens (primary N) is 1. The zero-order valence-corrected chi connectivity index (χ0v) is 20.6. The first-order valence-electron chi connectivity index (χ1n) is 12.6. The molecule has 5 N–H and O–H groups in total. The van der Waals surface area contributed by atoms with E-state index in [4.69, 9.17) is 5.73 Å². The third kappa shape index (κ3) is 7.13. The van der Waals surface area contributed by atoms with Gasteiger partial charge < -0.3 is 21.7 Å². The quantitative estimate of drug-likeness (QED) is 0.150. The molecule has 0 heterocycles. The fourth-order valence-corrected chi connectivity index (χ4v) is 4.43. The minimum Gasteiger partial charge on any atom is -0.352 e. The van der Waals surface area contributed by atoms with Crippen LogP contribution in [0.2, 0.25) is 0 Å². The Balaban J connectivity index is 1.70. The lowest BCUT2D eigenvalue weighted by molar-refractivity contribution is -0.117. The normalized spacial score (nSPS) is 11.2. The van der Waals surface area contributed by atoms with Crippen LogP contribution in [-0.2, 0) is 17.9 Å². The second kappa shape index (κ2) is 13.9. The lowest BCUT2D eigenvalue weighted by atomic mass is 9.91. The maximum absolute atomic E-state index is 11.6. The number of benzene rings is 3. The molecule has 3 rings (SSSR count). The van der Waals surface area contributed by atoms with E-state index in [9.17, 15) is 4.79 Å². The highest BCUT2D eigenvalue weighted by Crippen LogP contribution is 2.33. The van der Waals surface area contributed by atoms with Gasteiger partial charge >= 0.3 is 0 Å². The summed E-state index contributed by atoms with van der Waals surface area (Å²) in [6.45, 7) is 10.4. The summed E-state index contributed by atoms with van der Waals surface area (Å²) in [5, 5.41) is 15.4. The SMILES string of the molecule is C=C(C)C(=O)NCCCNCc1c2ccccc2c(CNCCCCCCN)c2ccccc12. The Morgan fingerprint density at radius 3 is 1.68 bits per heavy atom. The zero-order chi connectivity index (χ0) is 24.2. The van der Waals surface area contributed by atoms with E-state index in [1.54, 1.807) is 6.92 Å². The summed E-state index contributed by atoms with van der Waals surface area (Å²) >= 11 is 0. The topological polar surface area (TPSA) is 79.2 Å². The smallest absolute Gasteiger partial charge is 0.246 e. The van der Waals surface area contributed by atoms with Crippen LogP contribution in [0.1, 0.15) is 50.2 Å². The molecule has 34 heavy (non-hydrogen) atoms. The van der Waals surface area contributed by atoms with Crippen molar-refractivity contribution in [1.29, 1.82) is 0 Å². The van der Waals surface area contributed by atoms with Gasteiger partial charge in [-0.3, -0.25) is 4.79 Å². The Morgan fingerprint density at radius 1 is 0.735 bits per heavy atom. The third-order valence-corrected chi connectivity index (χ3v) is 6.27. The van der Waals surface area contributed by atoms with Crippen LogP contribution >= 0.6 is 0 Å². The van der Waals surface area contributed by atoms with Gasteiger partial charge in [-0.2, -0.15) is 0 Å². The summed E-state index contributed by atoms with van der Waals surface area (Å²) in [5.41, 5.74) is 8.86. The van der Waals surface area contributed by atoms with Crippen molar-refractivity contribution in [2.24, 2.45) is 5.73 Å². The van der Waals surface area contributed by atoms with Gasteiger partial charge in [0.2, 0.25) is 5.91 Å². The molecular weight excluding hydrogens is 420 g/mol. The van der Waals surface area contributed by atoms with E-state index < -0.39 is 0 Å². The minimum absolute atomic E-state index is 0.0725. The molecule has 5 nitrogen and oxygen atoms in total. The minimum atomic E-state index is -0.0725. The monoisotopic (exact) mass is 460 g/mol. The lowest BCUT2D eigenvalue weighted by Gasteiger charge is -2.18. The zero-order valence-electron chi connectivity index (χ0n) is 20.6. The second-order valence-electron chi connectivity index (χ2n) is 8.99. The fourth-order valence-electron chi connectivity index (χ4n) is 4.43. The first-order chi connectivity index (χ1) is 16.6. The largest absolute Gasteiger partial charge is 0.352 e. The Morgan fingerprint density at radius 2 is 1.21 bits per heavy atom. The number of carbonyl (C=O) groups excluding carboxylic acids is 1. The van der Waals surface area contributed by atoms with Gasteiger partial charge in [0.1, 0.15) is 0 Å². The van der Waals surface area contributed by atoms with Gasteiger partial charge in [0.05, 0.1) is 0 Å². The van der Waals surface area contributed by atoms with Gasteiger partial charge in [-0.05, 0) is 78.5 Å². The molecule has 0 aromatic heterocycles. The van der Waals surface area contributed by atoms with E-state index in [0.29, 0.717) is 12.1 Å². The lowest BCUT2D eigenvalue weighted by Crippen LogP contribution is -2.27. The number of carbonyl (C=O) groups is 1. The summed E-state index contributed by atoms with van der Waals surface area (Å²) in [5.74, 6) is -0.0725. The molecule has 0 unspecified atom stereocenters. The second-order valence-corrected chi connectivity index (χ2v) is 8.99. The van der Waals surface area contributed by atoms with Gasteiger partial charge in [-0.1, -0.05) is 68.0 Å². The van der Waals surface area contributed by atoms with Crippen molar-refractivity contribution in [2.75, 3.05) is 26.2 Å². The molecule has 1 amide bonds. The van der Waals surface area contributed by atoms with Crippen LogP contribution in [0.3, 0.4) is 0 Å². The van der Waals surface area contributed by atoms with Crippen LogP contribution < -0.4 is 21.7 Å². The maximum Gasteiger partial charge on any atom is 0.246 e. The third-order valence-electron chi connectivity index (χ3n) is 6.27. The van der Waals surface area contributed by atoms with Gasteiger partial charge in [-0.15, -0.1) is 0 Å².